The number of unbranched alkanes of at least 4 members (excludes halogenated alkanes) is 1. The first-order chi connectivity index (χ1) is 17.1. The highest BCUT2D eigenvalue weighted by molar-refractivity contribution is 6.33. The van der Waals surface area contributed by atoms with Crippen molar-refractivity contribution in [3.63, 3.8) is 0 Å². The minimum atomic E-state index is -0.337. The molecule has 1 atom stereocenters. The molecule has 35 heavy (non-hydrogen) atoms. The van der Waals surface area contributed by atoms with Gasteiger partial charge in [0.15, 0.2) is 0 Å². The first-order valence-electron chi connectivity index (χ1n) is 14.3. The Bertz CT molecular complexity index is 950. The van der Waals surface area contributed by atoms with Crippen molar-refractivity contribution >= 4 is 11.6 Å². The van der Waals surface area contributed by atoms with Crippen LogP contribution < -0.4 is 0 Å². The Balaban J connectivity index is 1.07. The maximum Gasteiger partial charge on any atom is 0.148 e. The topological polar surface area (TPSA) is 12.5 Å². The monoisotopic (exact) mass is 496 g/mol. The Hall–Kier alpha value is -1.38. The van der Waals surface area contributed by atoms with Crippen LogP contribution in [0.25, 0.3) is 11.1 Å². The number of rotatable bonds is 9. The third-order valence-electron chi connectivity index (χ3n) is 9.31. The summed E-state index contributed by atoms with van der Waals surface area (Å²) in [6.45, 7) is 2.91. The van der Waals surface area contributed by atoms with Crippen molar-refractivity contribution < 1.29 is 9.13 Å². The van der Waals surface area contributed by atoms with Crippen molar-refractivity contribution in [3.05, 3.63) is 58.4 Å². The molecular formula is C32H42ClFO. The van der Waals surface area contributed by atoms with E-state index in [0.29, 0.717) is 12.2 Å². The van der Waals surface area contributed by atoms with Gasteiger partial charge in [-0.15, -0.1) is 0 Å². The van der Waals surface area contributed by atoms with Gasteiger partial charge in [0.2, 0.25) is 0 Å². The number of hydrogen-bond donors (Lipinski definition) is 0. The Morgan fingerprint density at radius 2 is 1.43 bits per heavy atom. The minimum absolute atomic E-state index is 0.121. The molecule has 1 aliphatic heterocycles. The molecule has 0 radical (unpaired) electrons. The molecule has 3 aliphatic rings. The summed E-state index contributed by atoms with van der Waals surface area (Å²) < 4.78 is 19.9. The van der Waals surface area contributed by atoms with Crippen LogP contribution in [0.2, 0.25) is 5.02 Å². The van der Waals surface area contributed by atoms with Crippen LogP contribution in [0.1, 0.15) is 101 Å². The number of aryl methyl sites for hydroxylation is 1. The fourth-order valence-electron chi connectivity index (χ4n) is 6.87. The van der Waals surface area contributed by atoms with Crippen molar-refractivity contribution in [2.45, 2.75) is 96.5 Å². The molecule has 0 aromatic heterocycles. The average molecular weight is 497 g/mol. The molecule has 0 amide bonds. The molecule has 1 nitrogen and oxygen atoms in total. The van der Waals surface area contributed by atoms with Gasteiger partial charge in [0.25, 0.3) is 0 Å². The normalized spacial score (nSPS) is 28.7. The predicted molar refractivity (Wildman–Crippen MR) is 144 cm³/mol. The van der Waals surface area contributed by atoms with E-state index < -0.39 is 0 Å². The van der Waals surface area contributed by atoms with Crippen LogP contribution in [-0.2, 0) is 11.2 Å². The van der Waals surface area contributed by atoms with Crippen molar-refractivity contribution in [3.8, 4) is 11.1 Å². The van der Waals surface area contributed by atoms with E-state index in [9.17, 15) is 4.39 Å². The van der Waals surface area contributed by atoms with E-state index >= 15 is 0 Å². The summed E-state index contributed by atoms with van der Waals surface area (Å²) in [5.41, 5.74) is 3.69. The lowest BCUT2D eigenvalue weighted by Gasteiger charge is -2.38. The molecule has 1 saturated heterocycles. The van der Waals surface area contributed by atoms with Crippen LogP contribution >= 0.6 is 11.6 Å². The highest BCUT2D eigenvalue weighted by Crippen LogP contribution is 2.43. The molecule has 0 bridgehead atoms. The van der Waals surface area contributed by atoms with Crippen molar-refractivity contribution in [2.75, 3.05) is 6.61 Å². The van der Waals surface area contributed by atoms with Gasteiger partial charge in [0.05, 0.1) is 11.6 Å². The lowest BCUT2D eigenvalue weighted by molar-refractivity contribution is 0.140. The predicted octanol–water partition coefficient (Wildman–Crippen LogP) is 9.95. The van der Waals surface area contributed by atoms with Gasteiger partial charge in [0.1, 0.15) is 11.9 Å². The first kappa shape index (κ1) is 25.3. The van der Waals surface area contributed by atoms with Gasteiger partial charge in [-0.3, -0.25) is 0 Å². The van der Waals surface area contributed by atoms with E-state index in [1.54, 1.807) is 0 Å². The number of halogens is 2. The van der Waals surface area contributed by atoms with Crippen LogP contribution in [0.3, 0.4) is 0 Å². The molecule has 3 heteroatoms. The zero-order valence-electron chi connectivity index (χ0n) is 21.4. The lowest BCUT2D eigenvalue weighted by Crippen LogP contribution is -2.26. The molecule has 2 saturated carbocycles. The second-order valence-electron chi connectivity index (χ2n) is 11.6. The third kappa shape index (κ3) is 6.31. The minimum Gasteiger partial charge on any atom is -0.368 e. The summed E-state index contributed by atoms with van der Waals surface area (Å²) in [7, 11) is 0. The third-order valence-corrected chi connectivity index (χ3v) is 9.68. The van der Waals surface area contributed by atoms with E-state index in [4.69, 9.17) is 16.3 Å². The Morgan fingerprint density at radius 1 is 0.829 bits per heavy atom. The largest absolute Gasteiger partial charge is 0.368 e. The van der Waals surface area contributed by atoms with Crippen molar-refractivity contribution in [1.82, 2.24) is 0 Å². The van der Waals surface area contributed by atoms with Gasteiger partial charge in [-0.2, -0.15) is 0 Å². The summed E-state index contributed by atoms with van der Waals surface area (Å²) in [5.74, 6) is 3.59. The molecule has 1 heterocycles. The quantitative estimate of drug-likeness (QED) is 0.314. The second kappa shape index (κ2) is 11.8. The van der Waals surface area contributed by atoms with Crippen LogP contribution in [0.4, 0.5) is 4.39 Å². The van der Waals surface area contributed by atoms with Gasteiger partial charge in [-0.25, -0.2) is 4.39 Å². The Morgan fingerprint density at radius 3 is 2.00 bits per heavy atom. The fraction of sp³-hybridized carbons (Fsp3) is 0.625. The average Bonchev–Trinajstić information content (AvgIpc) is 3.74. The van der Waals surface area contributed by atoms with Gasteiger partial charge in [-0.05, 0) is 73.3 Å². The van der Waals surface area contributed by atoms with E-state index in [0.717, 1.165) is 41.2 Å². The van der Waals surface area contributed by atoms with Gasteiger partial charge >= 0.3 is 0 Å². The summed E-state index contributed by atoms with van der Waals surface area (Å²) in [5, 5.41) is 0.206. The SMILES string of the molecule is CCCCC1CCC(C2CCC(CCc3ccc(-c4ccc(C5CO5)c(F)c4Cl)cc3)CC2)CC1. The van der Waals surface area contributed by atoms with Crippen molar-refractivity contribution in [1.29, 1.82) is 0 Å². The summed E-state index contributed by atoms with van der Waals surface area (Å²) >= 11 is 6.37. The van der Waals surface area contributed by atoms with Crippen LogP contribution in [0.5, 0.6) is 0 Å². The smallest absolute Gasteiger partial charge is 0.148 e. The molecule has 0 N–H and O–H groups in total. The van der Waals surface area contributed by atoms with E-state index in [2.05, 4.69) is 31.2 Å². The maximum atomic E-state index is 14.6. The molecule has 2 aromatic rings. The molecule has 2 aromatic carbocycles. The number of hydrogen-bond acceptors (Lipinski definition) is 1. The first-order valence-corrected chi connectivity index (χ1v) is 14.7. The van der Waals surface area contributed by atoms with Crippen LogP contribution in [0.15, 0.2) is 36.4 Å². The highest BCUT2D eigenvalue weighted by Gasteiger charge is 2.31. The molecule has 190 valence electrons. The number of epoxide rings is 1. The lowest BCUT2D eigenvalue weighted by atomic mass is 9.68. The summed E-state index contributed by atoms with van der Waals surface area (Å²) in [4.78, 5) is 0. The molecule has 0 spiro atoms. The molecule has 3 fully saturated rings. The van der Waals surface area contributed by atoms with Crippen molar-refractivity contribution in [2.24, 2.45) is 23.7 Å². The van der Waals surface area contributed by atoms with Crippen LogP contribution in [0, 0.1) is 29.5 Å². The Kier molecular flexibility index (Phi) is 8.51. The van der Waals surface area contributed by atoms with E-state index in [-0.39, 0.29) is 16.9 Å². The van der Waals surface area contributed by atoms with Crippen LogP contribution in [-0.4, -0.2) is 6.61 Å². The standard InChI is InChI=1S/C32H42ClFO/c1-2-3-4-22-7-13-25(14-8-22)26-15-9-23(10-16-26)5-6-24-11-17-27(18-12-24)28-19-20-29(30-21-35-30)32(34)31(28)33/h11-12,17-20,22-23,25-26,30H,2-10,13-16,21H2,1H3. The molecule has 5 rings (SSSR count). The zero-order valence-corrected chi connectivity index (χ0v) is 22.2. The molecular weight excluding hydrogens is 455 g/mol. The molecule has 1 unspecified atom stereocenters. The Labute approximate surface area is 216 Å². The zero-order chi connectivity index (χ0) is 24.2. The molecule has 2 aliphatic carbocycles. The number of ether oxygens (including phenoxy) is 1. The van der Waals surface area contributed by atoms with E-state index in [1.165, 1.54) is 82.6 Å². The number of benzene rings is 2. The second-order valence-corrected chi connectivity index (χ2v) is 12.0. The summed E-state index contributed by atoms with van der Waals surface area (Å²) in [6, 6.07) is 12.3. The maximum absolute atomic E-state index is 14.6. The fourth-order valence-corrected chi connectivity index (χ4v) is 7.16. The highest BCUT2D eigenvalue weighted by atomic mass is 35.5. The van der Waals surface area contributed by atoms with Gasteiger partial charge in [-0.1, -0.05) is 99.9 Å². The summed E-state index contributed by atoms with van der Waals surface area (Å²) in [6.07, 6.45) is 18.3. The van der Waals surface area contributed by atoms with Gasteiger partial charge in [0, 0.05) is 11.1 Å². The van der Waals surface area contributed by atoms with Gasteiger partial charge < -0.3 is 4.74 Å². The van der Waals surface area contributed by atoms with E-state index in [1.807, 2.05) is 12.1 Å².